The SMILES string of the molecule is CNCC1CCCN(C(=O)c2cc(=O)[nH]c(=O)[nH]2)C1. The molecule has 1 saturated heterocycles. The number of hydrogen-bond acceptors (Lipinski definition) is 4. The highest BCUT2D eigenvalue weighted by atomic mass is 16.2. The highest BCUT2D eigenvalue weighted by Crippen LogP contribution is 2.16. The minimum Gasteiger partial charge on any atom is -0.337 e. The Morgan fingerprint density at radius 1 is 1.47 bits per heavy atom. The Hall–Kier alpha value is -1.89. The molecule has 104 valence electrons. The summed E-state index contributed by atoms with van der Waals surface area (Å²) in [5, 5.41) is 3.10. The maximum atomic E-state index is 12.2. The predicted molar refractivity (Wildman–Crippen MR) is 70.2 cm³/mol. The van der Waals surface area contributed by atoms with Crippen LogP contribution in [0, 0.1) is 5.92 Å². The first kappa shape index (κ1) is 13.5. The normalized spacial score (nSPS) is 19.4. The molecule has 1 aliphatic rings. The van der Waals surface area contributed by atoms with Crippen molar-refractivity contribution in [3.05, 3.63) is 32.6 Å². The minimum absolute atomic E-state index is 0.0545. The number of carbonyl (C=O) groups is 1. The van der Waals surface area contributed by atoms with Gasteiger partial charge in [0.15, 0.2) is 0 Å². The number of rotatable bonds is 3. The molecule has 7 heteroatoms. The fraction of sp³-hybridized carbons (Fsp3) is 0.583. The van der Waals surface area contributed by atoms with Crippen LogP contribution in [0.2, 0.25) is 0 Å². The molecule has 0 spiro atoms. The van der Waals surface area contributed by atoms with Crippen molar-refractivity contribution in [3.8, 4) is 0 Å². The molecule has 2 rings (SSSR count). The van der Waals surface area contributed by atoms with Crippen LogP contribution >= 0.6 is 0 Å². The van der Waals surface area contributed by atoms with Crippen molar-refractivity contribution < 1.29 is 4.79 Å². The zero-order valence-corrected chi connectivity index (χ0v) is 10.9. The lowest BCUT2D eigenvalue weighted by atomic mass is 9.98. The molecule has 0 bridgehead atoms. The van der Waals surface area contributed by atoms with Gasteiger partial charge in [-0.2, -0.15) is 0 Å². The van der Waals surface area contributed by atoms with Crippen molar-refractivity contribution in [3.63, 3.8) is 0 Å². The number of nitrogens with one attached hydrogen (secondary N) is 3. The summed E-state index contributed by atoms with van der Waals surface area (Å²) < 4.78 is 0. The average Bonchev–Trinajstić information content (AvgIpc) is 2.37. The van der Waals surface area contributed by atoms with Gasteiger partial charge in [0.2, 0.25) is 0 Å². The van der Waals surface area contributed by atoms with Gasteiger partial charge in [-0.05, 0) is 32.4 Å². The molecule has 1 amide bonds. The van der Waals surface area contributed by atoms with Crippen LogP contribution in [0.3, 0.4) is 0 Å². The summed E-state index contributed by atoms with van der Waals surface area (Å²) in [6.07, 6.45) is 2.02. The van der Waals surface area contributed by atoms with Gasteiger partial charge in [-0.1, -0.05) is 0 Å². The molecule has 0 saturated carbocycles. The number of aromatic nitrogens is 2. The van der Waals surface area contributed by atoms with Crippen LogP contribution in [0.5, 0.6) is 0 Å². The zero-order chi connectivity index (χ0) is 13.8. The van der Waals surface area contributed by atoms with E-state index in [-0.39, 0.29) is 11.6 Å². The van der Waals surface area contributed by atoms with E-state index in [9.17, 15) is 14.4 Å². The molecule has 0 aliphatic carbocycles. The first-order valence-electron chi connectivity index (χ1n) is 6.37. The van der Waals surface area contributed by atoms with Crippen LogP contribution < -0.4 is 16.6 Å². The second kappa shape index (κ2) is 5.83. The summed E-state index contributed by atoms with van der Waals surface area (Å²) in [6, 6.07) is 1.13. The Balaban J connectivity index is 2.14. The Morgan fingerprint density at radius 3 is 2.95 bits per heavy atom. The molecule has 1 unspecified atom stereocenters. The fourth-order valence-corrected chi connectivity index (χ4v) is 2.46. The van der Waals surface area contributed by atoms with Crippen LogP contribution in [0.15, 0.2) is 15.7 Å². The van der Waals surface area contributed by atoms with Gasteiger partial charge in [0.1, 0.15) is 5.69 Å². The highest BCUT2D eigenvalue weighted by molar-refractivity contribution is 5.92. The van der Waals surface area contributed by atoms with Crippen LogP contribution in [0.1, 0.15) is 23.3 Å². The van der Waals surface area contributed by atoms with Crippen molar-refractivity contribution in [1.82, 2.24) is 20.2 Å². The Bertz CT molecular complexity index is 532. The summed E-state index contributed by atoms with van der Waals surface area (Å²) in [6.45, 7) is 2.16. The fourth-order valence-electron chi connectivity index (χ4n) is 2.46. The van der Waals surface area contributed by atoms with Crippen LogP contribution in [0.4, 0.5) is 0 Å². The molecule has 0 aromatic carbocycles. The monoisotopic (exact) mass is 266 g/mol. The second-order valence-corrected chi connectivity index (χ2v) is 4.82. The van der Waals surface area contributed by atoms with E-state index in [0.717, 1.165) is 25.5 Å². The smallest absolute Gasteiger partial charge is 0.326 e. The summed E-state index contributed by atoms with van der Waals surface area (Å²) >= 11 is 0. The van der Waals surface area contributed by atoms with Gasteiger partial charge in [-0.25, -0.2) is 4.79 Å². The van der Waals surface area contributed by atoms with Gasteiger partial charge in [0, 0.05) is 19.2 Å². The number of H-pyrrole nitrogens is 2. The van der Waals surface area contributed by atoms with Crippen LogP contribution in [-0.4, -0.2) is 47.5 Å². The number of likely N-dealkylation sites (tertiary alicyclic amines) is 1. The number of piperidine rings is 1. The lowest BCUT2D eigenvalue weighted by Crippen LogP contribution is -2.43. The first-order chi connectivity index (χ1) is 9.10. The van der Waals surface area contributed by atoms with E-state index in [1.54, 1.807) is 4.90 Å². The van der Waals surface area contributed by atoms with E-state index < -0.39 is 11.2 Å². The van der Waals surface area contributed by atoms with Gasteiger partial charge in [-0.3, -0.25) is 14.6 Å². The van der Waals surface area contributed by atoms with Crippen LogP contribution in [0.25, 0.3) is 0 Å². The van der Waals surface area contributed by atoms with Crippen molar-refractivity contribution in [2.24, 2.45) is 5.92 Å². The van der Waals surface area contributed by atoms with E-state index in [1.807, 2.05) is 7.05 Å². The quantitative estimate of drug-likeness (QED) is 0.662. The summed E-state index contributed by atoms with van der Waals surface area (Å²) in [5.41, 5.74) is -1.16. The van der Waals surface area contributed by atoms with Crippen molar-refractivity contribution in [2.45, 2.75) is 12.8 Å². The zero-order valence-electron chi connectivity index (χ0n) is 10.9. The Morgan fingerprint density at radius 2 is 2.26 bits per heavy atom. The van der Waals surface area contributed by atoms with Crippen molar-refractivity contribution >= 4 is 5.91 Å². The third-order valence-electron chi connectivity index (χ3n) is 3.29. The molecular weight excluding hydrogens is 248 g/mol. The summed E-state index contributed by atoms with van der Waals surface area (Å²) in [5.74, 6) is 0.125. The summed E-state index contributed by atoms with van der Waals surface area (Å²) in [4.78, 5) is 40.7. The van der Waals surface area contributed by atoms with E-state index in [1.165, 1.54) is 0 Å². The maximum absolute atomic E-state index is 12.2. The van der Waals surface area contributed by atoms with Gasteiger partial charge in [0.05, 0.1) is 0 Å². The molecule has 1 aliphatic heterocycles. The molecule has 2 heterocycles. The van der Waals surface area contributed by atoms with Gasteiger partial charge < -0.3 is 15.2 Å². The summed E-state index contributed by atoms with van der Waals surface area (Å²) in [7, 11) is 1.88. The standard InChI is InChI=1S/C12H18N4O3/c1-13-6-8-3-2-4-16(7-8)11(18)9-5-10(17)15-12(19)14-9/h5,8,13H,2-4,6-7H2,1H3,(H2,14,15,17,19). The lowest BCUT2D eigenvalue weighted by Gasteiger charge is -2.32. The maximum Gasteiger partial charge on any atom is 0.326 e. The van der Waals surface area contributed by atoms with E-state index in [4.69, 9.17) is 0 Å². The Kier molecular flexibility index (Phi) is 4.16. The van der Waals surface area contributed by atoms with Crippen molar-refractivity contribution in [2.75, 3.05) is 26.7 Å². The van der Waals surface area contributed by atoms with Gasteiger partial charge in [0.25, 0.3) is 11.5 Å². The molecule has 19 heavy (non-hydrogen) atoms. The molecule has 3 N–H and O–H groups in total. The minimum atomic E-state index is -0.653. The van der Waals surface area contributed by atoms with Gasteiger partial charge in [-0.15, -0.1) is 0 Å². The average molecular weight is 266 g/mol. The third-order valence-corrected chi connectivity index (χ3v) is 3.29. The number of nitrogens with zero attached hydrogens (tertiary/aromatic N) is 1. The number of aromatic amines is 2. The van der Waals surface area contributed by atoms with Gasteiger partial charge >= 0.3 is 5.69 Å². The molecule has 1 atom stereocenters. The largest absolute Gasteiger partial charge is 0.337 e. The molecule has 1 aromatic rings. The molecule has 0 radical (unpaired) electrons. The molecule has 7 nitrogen and oxygen atoms in total. The highest BCUT2D eigenvalue weighted by Gasteiger charge is 2.24. The lowest BCUT2D eigenvalue weighted by molar-refractivity contribution is 0.0667. The second-order valence-electron chi connectivity index (χ2n) is 4.82. The molecule has 1 aromatic heterocycles. The first-order valence-corrected chi connectivity index (χ1v) is 6.37. The number of hydrogen-bond donors (Lipinski definition) is 3. The number of amides is 1. The van der Waals surface area contributed by atoms with E-state index in [2.05, 4.69) is 15.3 Å². The molecular formula is C12H18N4O3. The van der Waals surface area contributed by atoms with Crippen LogP contribution in [-0.2, 0) is 0 Å². The van der Waals surface area contributed by atoms with Crippen molar-refractivity contribution in [1.29, 1.82) is 0 Å². The Labute approximate surface area is 110 Å². The van der Waals surface area contributed by atoms with E-state index >= 15 is 0 Å². The molecule has 1 fully saturated rings. The topological polar surface area (TPSA) is 98.1 Å². The van der Waals surface area contributed by atoms with E-state index in [0.29, 0.717) is 19.0 Å². The third kappa shape index (κ3) is 3.31. The predicted octanol–water partition coefficient (Wildman–Crippen LogP) is -0.865. The number of carbonyl (C=O) groups excluding carboxylic acids is 1.